The molecule has 0 radical (unpaired) electrons. The normalized spacial score (nSPS) is 16.9. The van der Waals surface area contributed by atoms with Crippen molar-refractivity contribution in [2.75, 3.05) is 18.1 Å². The molecule has 188 valence electrons. The predicted octanol–water partition coefficient (Wildman–Crippen LogP) is 6.37. The van der Waals surface area contributed by atoms with Gasteiger partial charge >= 0.3 is 5.91 Å². The number of hydrogen-bond acceptors (Lipinski definition) is 7. The molecule has 0 bridgehead atoms. The van der Waals surface area contributed by atoms with Crippen LogP contribution in [-0.4, -0.2) is 35.0 Å². The summed E-state index contributed by atoms with van der Waals surface area (Å²) in [4.78, 5) is 32.8. The van der Waals surface area contributed by atoms with Gasteiger partial charge in [-0.15, -0.1) is 0 Å². The summed E-state index contributed by atoms with van der Waals surface area (Å²) in [5, 5.41) is 12.2. The zero-order valence-electron chi connectivity index (χ0n) is 20.1. The monoisotopic (exact) mass is 534 g/mol. The molecule has 1 N–H and O–H groups in total. The van der Waals surface area contributed by atoms with Crippen molar-refractivity contribution < 1.29 is 24.2 Å². The van der Waals surface area contributed by atoms with Gasteiger partial charge in [0, 0.05) is 10.6 Å². The molecule has 1 aliphatic heterocycles. The minimum absolute atomic E-state index is 0.0322. The lowest BCUT2D eigenvalue weighted by atomic mass is 9.95. The van der Waals surface area contributed by atoms with Crippen molar-refractivity contribution in [1.29, 1.82) is 0 Å². The average molecular weight is 535 g/mol. The number of nitrogens with zero attached hydrogens (tertiary/aromatic N) is 2. The van der Waals surface area contributed by atoms with Crippen LogP contribution in [0.15, 0.2) is 72.3 Å². The van der Waals surface area contributed by atoms with Crippen LogP contribution < -0.4 is 14.4 Å². The molecule has 1 amide bonds. The first-order valence-corrected chi connectivity index (χ1v) is 12.9. The Balaban J connectivity index is 1.68. The van der Waals surface area contributed by atoms with E-state index in [1.54, 1.807) is 48.5 Å². The number of rotatable bonds is 7. The fourth-order valence-electron chi connectivity index (χ4n) is 4.30. The minimum atomic E-state index is -0.903. The third-order valence-electron chi connectivity index (χ3n) is 5.91. The summed E-state index contributed by atoms with van der Waals surface area (Å²) >= 11 is 7.39. The third kappa shape index (κ3) is 4.65. The highest BCUT2D eigenvalue weighted by Crippen LogP contribution is 2.45. The van der Waals surface area contributed by atoms with Crippen molar-refractivity contribution in [3.05, 3.63) is 88.5 Å². The molecule has 1 atom stereocenters. The zero-order chi connectivity index (χ0) is 26.1. The van der Waals surface area contributed by atoms with E-state index in [0.29, 0.717) is 51.5 Å². The van der Waals surface area contributed by atoms with Crippen LogP contribution in [0.5, 0.6) is 11.5 Å². The van der Waals surface area contributed by atoms with Crippen molar-refractivity contribution >= 4 is 55.7 Å². The number of Topliss-reactive ketones (excluding diaryl/α,β-unsaturated/α-hetero) is 1. The molecule has 3 aromatic carbocycles. The van der Waals surface area contributed by atoms with Gasteiger partial charge in [0.15, 0.2) is 5.13 Å². The number of halogens is 1. The van der Waals surface area contributed by atoms with Crippen LogP contribution in [0.2, 0.25) is 5.02 Å². The van der Waals surface area contributed by atoms with E-state index in [4.69, 9.17) is 21.1 Å². The second-order valence-corrected chi connectivity index (χ2v) is 9.69. The first-order chi connectivity index (χ1) is 17.9. The van der Waals surface area contributed by atoms with E-state index < -0.39 is 17.7 Å². The van der Waals surface area contributed by atoms with Crippen LogP contribution in [0.4, 0.5) is 5.13 Å². The molecule has 4 aromatic rings. The number of hydrogen-bond donors (Lipinski definition) is 1. The van der Waals surface area contributed by atoms with Gasteiger partial charge in [0.25, 0.3) is 5.78 Å². The van der Waals surface area contributed by atoms with Gasteiger partial charge in [0.2, 0.25) is 0 Å². The van der Waals surface area contributed by atoms with Crippen LogP contribution in [0.1, 0.15) is 31.0 Å². The maximum Gasteiger partial charge on any atom is 0.301 e. The van der Waals surface area contributed by atoms with Crippen LogP contribution in [0.3, 0.4) is 0 Å². The number of aliphatic hydroxyl groups is 1. The molecular weight excluding hydrogens is 512 g/mol. The highest BCUT2D eigenvalue weighted by atomic mass is 35.5. The topological polar surface area (TPSA) is 89.0 Å². The summed E-state index contributed by atoms with van der Waals surface area (Å²) in [5.74, 6) is -0.627. The molecule has 9 heteroatoms. The molecule has 0 saturated carbocycles. The maximum absolute atomic E-state index is 13.4. The standard InChI is InChI=1S/C28H23ClN2O5S/c1-3-35-19-7-5-6-17(14-19)25(32)23-24(16-8-10-18(29)11-9-16)31(27(34)26(23)33)28-30-21-13-12-20(36-4-2)15-22(21)37-28/h5-15,24,32H,3-4H2,1-2H3/b25-23+. The summed E-state index contributed by atoms with van der Waals surface area (Å²) in [6.45, 7) is 4.72. The molecule has 5 rings (SSSR count). The second-order valence-electron chi connectivity index (χ2n) is 8.24. The zero-order valence-corrected chi connectivity index (χ0v) is 21.7. The summed E-state index contributed by atoms with van der Waals surface area (Å²) in [7, 11) is 0. The Morgan fingerprint density at radius 3 is 2.41 bits per heavy atom. The van der Waals surface area contributed by atoms with Gasteiger partial charge in [-0.3, -0.25) is 14.5 Å². The minimum Gasteiger partial charge on any atom is -0.507 e. The maximum atomic E-state index is 13.4. The fraction of sp³-hybridized carbons (Fsp3) is 0.179. The molecule has 1 fully saturated rings. The summed E-state index contributed by atoms with van der Waals surface area (Å²) in [5.41, 5.74) is 1.62. The largest absolute Gasteiger partial charge is 0.507 e. The Kier molecular flexibility index (Phi) is 6.86. The Morgan fingerprint density at radius 2 is 1.70 bits per heavy atom. The van der Waals surface area contributed by atoms with E-state index >= 15 is 0 Å². The lowest BCUT2D eigenvalue weighted by Gasteiger charge is -2.23. The number of aliphatic hydroxyl groups excluding tert-OH is 1. The van der Waals surface area contributed by atoms with Crippen LogP contribution in [0, 0.1) is 0 Å². The van der Waals surface area contributed by atoms with Gasteiger partial charge in [-0.2, -0.15) is 0 Å². The van der Waals surface area contributed by atoms with E-state index in [9.17, 15) is 14.7 Å². The molecule has 0 spiro atoms. The molecule has 2 heterocycles. The van der Waals surface area contributed by atoms with Gasteiger partial charge < -0.3 is 14.6 Å². The van der Waals surface area contributed by atoms with Crippen molar-refractivity contribution in [3.8, 4) is 11.5 Å². The first-order valence-electron chi connectivity index (χ1n) is 11.7. The first kappa shape index (κ1) is 24.8. The Bertz CT molecular complexity index is 1530. The Morgan fingerprint density at radius 1 is 1.00 bits per heavy atom. The van der Waals surface area contributed by atoms with E-state index in [-0.39, 0.29) is 11.3 Å². The van der Waals surface area contributed by atoms with E-state index in [2.05, 4.69) is 4.98 Å². The smallest absolute Gasteiger partial charge is 0.301 e. The molecule has 1 unspecified atom stereocenters. The number of ether oxygens (including phenoxy) is 2. The SMILES string of the molecule is CCOc1cccc(/C(O)=C2\C(=O)C(=O)N(c3nc4ccc(OCC)cc4s3)C2c2ccc(Cl)cc2)c1. The van der Waals surface area contributed by atoms with Crippen molar-refractivity contribution in [2.24, 2.45) is 0 Å². The highest BCUT2D eigenvalue weighted by Gasteiger charge is 2.48. The van der Waals surface area contributed by atoms with Crippen molar-refractivity contribution in [3.63, 3.8) is 0 Å². The lowest BCUT2D eigenvalue weighted by molar-refractivity contribution is -0.132. The van der Waals surface area contributed by atoms with Crippen LogP contribution in [-0.2, 0) is 9.59 Å². The van der Waals surface area contributed by atoms with E-state index in [1.807, 2.05) is 32.0 Å². The Labute approximate surface area is 222 Å². The molecule has 1 aromatic heterocycles. The summed E-state index contributed by atoms with van der Waals surface area (Å²) < 4.78 is 12.0. The average Bonchev–Trinajstić information content (AvgIpc) is 3.42. The van der Waals surface area contributed by atoms with Crippen LogP contribution in [0.25, 0.3) is 16.0 Å². The number of benzene rings is 3. The lowest BCUT2D eigenvalue weighted by Crippen LogP contribution is -2.29. The molecule has 1 aliphatic rings. The highest BCUT2D eigenvalue weighted by molar-refractivity contribution is 7.22. The number of ketones is 1. The van der Waals surface area contributed by atoms with Gasteiger partial charge in [-0.1, -0.05) is 47.2 Å². The molecular formula is C28H23ClN2O5S. The molecule has 0 aliphatic carbocycles. The number of amides is 1. The number of carbonyl (C=O) groups is 2. The van der Waals surface area contributed by atoms with Gasteiger partial charge in [0.05, 0.1) is 35.0 Å². The molecule has 7 nitrogen and oxygen atoms in total. The summed E-state index contributed by atoms with van der Waals surface area (Å²) in [6, 6.07) is 18.2. The van der Waals surface area contributed by atoms with Crippen LogP contribution >= 0.6 is 22.9 Å². The summed E-state index contributed by atoms with van der Waals surface area (Å²) in [6.07, 6.45) is 0. The number of thiazole rings is 1. The quantitative estimate of drug-likeness (QED) is 0.168. The molecule has 1 saturated heterocycles. The molecule has 37 heavy (non-hydrogen) atoms. The van der Waals surface area contributed by atoms with E-state index in [0.717, 1.165) is 4.70 Å². The van der Waals surface area contributed by atoms with Gasteiger partial charge in [-0.25, -0.2) is 4.98 Å². The van der Waals surface area contributed by atoms with Gasteiger partial charge in [0.1, 0.15) is 17.3 Å². The second kappa shape index (κ2) is 10.2. The number of carbonyl (C=O) groups excluding carboxylic acids is 2. The third-order valence-corrected chi connectivity index (χ3v) is 7.18. The predicted molar refractivity (Wildman–Crippen MR) is 145 cm³/mol. The Hall–Kier alpha value is -3.88. The fourth-order valence-corrected chi connectivity index (χ4v) is 5.44. The number of anilines is 1. The van der Waals surface area contributed by atoms with Crippen molar-refractivity contribution in [2.45, 2.75) is 19.9 Å². The number of fused-ring (bicyclic) bond motifs is 1. The van der Waals surface area contributed by atoms with Gasteiger partial charge in [-0.05, 0) is 61.9 Å². The number of aromatic nitrogens is 1. The van der Waals surface area contributed by atoms with Crippen molar-refractivity contribution in [1.82, 2.24) is 4.98 Å². The van der Waals surface area contributed by atoms with E-state index in [1.165, 1.54) is 16.2 Å².